The molecule has 0 N–H and O–H groups in total. The van der Waals surface area contributed by atoms with Crippen LogP contribution in [-0.4, -0.2) is 25.2 Å². The third-order valence-corrected chi connectivity index (χ3v) is 3.35. The van der Waals surface area contributed by atoms with E-state index in [-0.39, 0.29) is 24.0 Å². The Labute approximate surface area is 151 Å². The van der Waals surface area contributed by atoms with Gasteiger partial charge in [-0.2, -0.15) is 0 Å². The van der Waals surface area contributed by atoms with E-state index in [2.05, 4.69) is 26.8 Å². The van der Waals surface area contributed by atoms with Crippen molar-refractivity contribution in [3.63, 3.8) is 0 Å². The normalized spacial score (nSPS) is 12.7. The molecule has 0 saturated heterocycles. The molecule has 4 heteroatoms. The number of carbonyl (C=O) groups excluding carboxylic acids is 2. The monoisotopic (exact) mass is 346 g/mol. The molecule has 0 radical (unpaired) electrons. The molecule has 1 rings (SSSR count). The summed E-state index contributed by atoms with van der Waals surface area (Å²) in [6, 6.07) is 7.17. The van der Waals surface area contributed by atoms with E-state index < -0.39 is 5.41 Å². The maximum Gasteiger partial charge on any atom is 0.338 e. The average molecular weight is 346 g/mol. The van der Waals surface area contributed by atoms with Gasteiger partial charge in [-0.3, -0.25) is 4.79 Å². The van der Waals surface area contributed by atoms with Gasteiger partial charge in [0.2, 0.25) is 0 Å². The summed E-state index contributed by atoms with van der Waals surface area (Å²) < 4.78 is 10.5. The Morgan fingerprint density at radius 1 is 0.920 bits per heavy atom. The van der Waals surface area contributed by atoms with Crippen LogP contribution in [0.25, 0.3) is 5.57 Å². The molecular weight excluding hydrogens is 316 g/mol. The molecule has 4 nitrogen and oxygen atoms in total. The van der Waals surface area contributed by atoms with Crippen molar-refractivity contribution in [3.05, 3.63) is 41.5 Å². The zero-order valence-electron chi connectivity index (χ0n) is 16.4. The van der Waals surface area contributed by atoms with Gasteiger partial charge in [0.15, 0.2) is 0 Å². The molecule has 0 spiro atoms. The highest BCUT2D eigenvalue weighted by Crippen LogP contribution is 2.26. The number of hydrogen-bond acceptors (Lipinski definition) is 4. The first kappa shape index (κ1) is 20.9. The molecule has 0 bridgehead atoms. The van der Waals surface area contributed by atoms with Crippen LogP contribution in [0.3, 0.4) is 0 Å². The molecule has 0 fully saturated rings. The molecule has 0 aromatic heterocycles. The van der Waals surface area contributed by atoms with Crippen molar-refractivity contribution in [2.45, 2.75) is 48.5 Å². The minimum absolute atomic E-state index is 0.0662. The van der Waals surface area contributed by atoms with E-state index in [0.29, 0.717) is 12.2 Å². The molecule has 0 aliphatic rings. The second kappa shape index (κ2) is 8.32. The van der Waals surface area contributed by atoms with Crippen LogP contribution in [0.2, 0.25) is 0 Å². The van der Waals surface area contributed by atoms with Gasteiger partial charge < -0.3 is 9.47 Å². The fourth-order valence-electron chi connectivity index (χ4n) is 2.13. The molecule has 0 saturated carbocycles. The van der Waals surface area contributed by atoms with Crippen LogP contribution in [0.15, 0.2) is 30.3 Å². The van der Waals surface area contributed by atoms with Crippen molar-refractivity contribution in [1.29, 1.82) is 0 Å². The highest BCUT2D eigenvalue weighted by Gasteiger charge is 2.23. The van der Waals surface area contributed by atoms with Crippen LogP contribution in [0.4, 0.5) is 0 Å². The topological polar surface area (TPSA) is 52.6 Å². The summed E-state index contributed by atoms with van der Waals surface area (Å²) >= 11 is 0. The highest BCUT2D eigenvalue weighted by molar-refractivity contribution is 5.90. The minimum Gasteiger partial charge on any atom is -0.462 e. The Kier molecular flexibility index (Phi) is 6.97. The van der Waals surface area contributed by atoms with Crippen molar-refractivity contribution < 1.29 is 19.1 Å². The Morgan fingerprint density at radius 2 is 1.44 bits per heavy atom. The quantitative estimate of drug-likeness (QED) is 0.713. The highest BCUT2D eigenvalue weighted by atomic mass is 16.5. The average Bonchev–Trinajstić information content (AvgIpc) is 2.49. The third-order valence-electron chi connectivity index (χ3n) is 3.35. The molecule has 0 unspecified atom stereocenters. The number of carbonyl (C=O) groups is 2. The van der Waals surface area contributed by atoms with Crippen LogP contribution in [0.5, 0.6) is 0 Å². The van der Waals surface area contributed by atoms with Gasteiger partial charge >= 0.3 is 11.9 Å². The van der Waals surface area contributed by atoms with E-state index in [1.165, 1.54) is 0 Å². The van der Waals surface area contributed by atoms with Gasteiger partial charge in [-0.05, 0) is 56.4 Å². The SMILES string of the molecule is CCOC(=O)c1ccc(/C(=C/C(C)(C)C)COC(=O)C(C)(C)C)cc1. The standard InChI is InChI=1S/C21H30O4/c1-8-24-18(22)16-11-9-15(10-12-16)17(13-20(2,3)4)14-25-19(23)21(5,6)7/h9-13H,8,14H2,1-7H3/b17-13+. The van der Waals surface area contributed by atoms with Crippen LogP contribution in [-0.2, 0) is 14.3 Å². The molecule has 0 atom stereocenters. The second-order valence-electron chi connectivity index (χ2n) is 8.16. The summed E-state index contributed by atoms with van der Waals surface area (Å²) in [4.78, 5) is 23.8. The van der Waals surface area contributed by atoms with E-state index in [1.54, 1.807) is 19.1 Å². The van der Waals surface area contributed by atoms with Gasteiger partial charge in [0.1, 0.15) is 6.61 Å². The zero-order valence-corrected chi connectivity index (χ0v) is 16.4. The predicted molar refractivity (Wildman–Crippen MR) is 100 cm³/mol. The predicted octanol–water partition coefficient (Wildman–Crippen LogP) is 4.88. The van der Waals surface area contributed by atoms with E-state index >= 15 is 0 Å². The van der Waals surface area contributed by atoms with E-state index in [4.69, 9.17) is 9.47 Å². The molecule has 0 aliphatic heterocycles. The number of esters is 2. The Bertz CT molecular complexity index is 625. The van der Waals surface area contributed by atoms with Crippen LogP contribution >= 0.6 is 0 Å². The zero-order chi connectivity index (χ0) is 19.3. The van der Waals surface area contributed by atoms with Crippen LogP contribution < -0.4 is 0 Å². The molecular formula is C21H30O4. The minimum atomic E-state index is -0.541. The fraction of sp³-hybridized carbons (Fsp3) is 0.524. The fourth-order valence-corrected chi connectivity index (χ4v) is 2.13. The maximum absolute atomic E-state index is 12.1. The molecule has 1 aromatic rings. The molecule has 0 heterocycles. The summed E-state index contributed by atoms with van der Waals surface area (Å²) in [5.74, 6) is -0.579. The Morgan fingerprint density at radius 3 is 1.88 bits per heavy atom. The Balaban J connectivity index is 3.03. The molecule has 0 aliphatic carbocycles. The van der Waals surface area contributed by atoms with Gasteiger partial charge in [0.25, 0.3) is 0 Å². The van der Waals surface area contributed by atoms with Gasteiger partial charge in [-0.15, -0.1) is 0 Å². The summed E-state index contributed by atoms with van der Waals surface area (Å²) in [5.41, 5.74) is 1.74. The summed E-state index contributed by atoms with van der Waals surface area (Å²) in [5, 5.41) is 0. The van der Waals surface area contributed by atoms with Gasteiger partial charge in [0, 0.05) is 0 Å². The van der Waals surface area contributed by atoms with Crippen molar-refractivity contribution in [2.75, 3.05) is 13.2 Å². The lowest BCUT2D eigenvalue weighted by molar-refractivity contribution is -0.151. The number of allylic oxidation sites excluding steroid dienone is 1. The lowest BCUT2D eigenvalue weighted by Gasteiger charge is -2.20. The molecule has 25 heavy (non-hydrogen) atoms. The van der Waals surface area contributed by atoms with Crippen LogP contribution in [0, 0.1) is 10.8 Å². The lowest BCUT2D eigenvalue weighted by Crippen LogP contribution is -2.23. The Hall–Kier alpha value is -2.10. The van der Waals surface area contributed by atoms with Crippen molar-refractivity contribution in [3.8, 4) is 0 Å². The summed E-state index contributed by atoms with van der Waals surface area (Å²) in [6.07, 6.45) is 2.09. The number of ether oxygens (including phenoxy) is 2. The largest absolute Gasteiger partial charge is 0.462 e. The van der Waals surface area contributed by atoms with Gasteiger partial charge in [0.05, 0.1) is 17.6 Å². The summed E-state index contributed by atoms with van der Waals surface area (Å²) in [6.45, 7) is 14.1. The van der Waals surface area contributed by atoms with E-state index in [9.17, 15) is 9.59 Å². The number of benzene rings is 1. The first-order chi connectivity index (χ1) is 11.4. The number of hydrogen-bond donors (Lipinski definition) is 0. The molecule has 1 aromatic carbocycles. The molecule has 0 amide bonds. The smallest absolute Gasteiger partial charge is 0.338 e. The van der Waals surface area contributed by atoms with Gasteiger partial charge in [-0.25, -0.2) is 4.79 Å². The maximum atomic E-state index is 12.1. The summed E-state index contributed by atoms with van der Waals surface area (Å²) in [7, 11) is 0. The number of rotatable bonds is 5. The van der Waals surface area contributed by atoms with Crippen LogP contribution in [0.1, 0.15) is 64.4 Å². The lowest BCUT2D eigenvalue weighted by atomic mass is 9.91. The third kappa shape index (κ3) is 7.12. The first-order valence-corrected chi connectivity index (χ1v) is 8.60. The van der Waals surface area contributed by atoms with Crippen molar-refractivity contribution in [2.24, 2.45) is 10.8 Å². The van der Waals surface area contributed by atoms with Gasteiger partial charge in [-0.1, -0.05) is 39.0 Å². The van der Waals surface area contributed by atoms with Crippen molar-refractivity contribution >= 4 is 17.5 Å². The first-order valence-electron chi connectivity index (χ1n) is 8.60. The molecule has 138 valence electrons. The van der Waals surface area contributed by atoms with E-state index in [1.807, 2.05) is 32.9 Å². The van der Waals surface area contributed by atoms with Crippen molar-refractivity contribution in [1.82, 2.24) is 0 Å². The second-order valence-corrected chi connectivity index (χ2v) is 8.16. The van der Waals surface area contributed by atoms with E-state index in [0.717, 1.165) is 11.1 Å².